The lowest BCUT2D eigenvalue weighted by Gasteiger charge is -2.10. The van der Waals surface area contributed by atoms with E-state index in [4.69, 9.17) is 16.3 Å². The van der Waals surface area contributed by atoms with Gasteiger partial charge in [0.05, 0.1) is 11.3 Å². The molecule has 0 bridgehead atoms. The van der Waals surface area contributed by atoms with E-state index in [0.717, 1.165) is 28.1 Å². The van der Waals surface area contributed by atoms with Crippen LogP contribution in [0.4, 0.5) is 0 Å². The summed E-state index contributed by atoms with van der Waals surface area (Å²) in [7, 11) is 0. The molecule has 2 nitrogen and oxygen atoms in total. The second kappa shape index (κ2) is 7.71. The molecule has 0 aliphatic heterocycles. The van der Waals surface area contributed by atoms with Crippen LogP contribution in [0.3, 0.4) is 0 Å². The van der Waals surface area contributed by atoms with Crippen LogP contribution >= 0.6 is 11.6 Å². The molecule has 1 aromatic carbocycles. The van der Waals surface area contributed by atoms with Crippen LogP contribution in [0.15, 0.2) is 36.5 Å². The summed E-state index contributed by atoms with van der Waals surface area (Å²) in [6.45, 7) is 4.52. The molecule has 0 saturated heterocycles. The Kier molecular flexibility index (Phi) is 5.66. The molecule has 3 heteroatoms. The molecule has 0 saturated carbocycles. The van der Waals surface area contributed by atoms with Gasteiger partial charge >= 0.3 is 0 Å². The molecule has 0 aliphatic carbocycles. The minimum Gasteiger partial charge on any atom is -0.486 e. The molecule has 0 N–H and O–H groups in total. The van der Waals surface area contributed by atoms with Gasteiger partial charge in [0.15, 0.2) is 0 Å². The highest BCUT2D eigenvalue weighted by molar-refractivity contribution is 6.18. The first-order valence-corrected chi connectivity index (χ1v) is 7.43. The summed E-state index contributed by atoms with van der Waals surface area (Å²) < 4.78 is 5.89. The summed E-state index contributed by atoms with van der Waals surface area (Å²) in [6.07, 6.45) is 2.45. The number of alkyl halides is 1. The molecule has 0 aliphatic rings. The molecular formula is C18H18ClNO. The first kappa shape index (κ1) is 15.4. The van der Waals surface area contributed by atoms with Crippen molar-refractivity contribution in [3.05, 3.63) is 58.9 Å². The maximum Gasteiger partial charge on any atom is 0.135 e. The molecule has 2 rings (SSSR count). The van der Waals surface area contributed by atoms with Gasteiger partial charge in [-0.3, -0.25) is 4.98 Å². The second-order valence-electron chi connectivity index (χ2n) is 4.80. The number of pyridine rings is 1. The van der Waals surface area contributed by atoms with E-state index in [1.807, 2.05) is 44.2 Å². The van der Waals surface area contributed by atoms with Gasteiger partial charge in [-0.15, -0.1) is 11.6 Å². The predicted molar refractivity (Wildman–Crippen MR) is 86.7 cm³/mol. The highest BCUT2D eigenvalue weighted by Crippen LogP contribution is 2.20. The summed E-state index contributed by atoms with van der Waals surface area (Å²) in [5.74, 6) is 7.51. The number of ether oxygens (including phenoxy) is 1. The smallest absolute Gasteiger partial charge is 0.135 e. The van der Waals surface area contributed by atoms with E-state index < -0.39 is 0 Å². The molecule has 21 heavy (non-hydrogen) atoms. The molecule has 0 fully saturated rings. The first-order chi connectivity index (χ1) is 10.2. The Morgan fingerprint density at radius 2 is 2.10 bits per heavy atom. The van der Waals surface area contributed by atoms with E-state index in [0.29, 0.717) is 18.9 Å². The van der Waals surface area contributed by atoms with Gasteiger partial charge in [0.2, 0.25) is 0 Å². The van der Waals surface area contributed by atoms with Crippen molar-refractivity contribution in [2.45, 2.75) is 26.9 Å². The monoisotopic (exact) mass is 299 g/mol. The van der Waals surface area contributed by atoms with E-state index >= 15 is 0 Å². The highest BCUT2D eigenvalue weighted by atomic mass is 35.5. The first-order valence-electron chi connectivity index (χ1n) is 6.89. The third kappa shape index (κ3) is 4.51. The number of benzene rings is 1. The zero-order chi connectivity index (χ0) is 15.1. The van der Waals surface area contributed by atoms with Gasteiger partial charge in [-0.05, 0) is 43.2 Å². The average molecular weight is 300 g/mol. The molecule has 0 unspecified atom stereocenters. The van der Waals surface area contributed by atoms with Gasteiger partial charge in [-0.1, -0.05) is 24.0 Å². The zero-order valence-corrected chi connectivity index (χ0v) is 13.1. The standard InChI is InChI=1S/C18H18ClNO/c1-14-8-9-18(16(12-14)7-3-4-10-19)21-13-17-15(2)6-5-11-20-17/h5-6,8-9,11-12H,4,10,13H2,1-2H3. The summed E-state index contributed by atoms with van der Waals surface area (Å²) >= 11 is 5.66. The van der Waals surface area contributed by atoms with Gasteiger partial charge in [-0.2, -0.15) is 0 Å². The number of nitrogens with zero attached hydrogens (tertiary/aromatic N) is 1. The SMILES string of the molecule is Cc1ccc(OCc2ncccc2C)c(C#CCCCl)c1. The van der Waals surface area contributed by atoms with E-state index in [9.17, 15) is 0 Å². The molecular weight excluding hydrogens is 282 g/mol. The third-order valence-electron chi connectivity index (χ3n) is 3.06. The van der Waals surface area contributed by atoms with Crippen molar-refractivity contribution in [3.8, 4) is 17.6 Å². The Bertz CT molecular complexity index is 670. The number of rotatable bonds is 4. The van der Waals surface area contributed by atoms with Gasteiger partial charge < -0.3 is 4.74 Å². The van der Waals surface area contributed by atoms with Crippen LogP contribution in [0.25, 0.3) is 0 Å². The van der Waals surface area contributed by atoms with Gasteiger partial charge in [-0.25, -0.2) is 0 Å². The summed E-state index contributed by atoms with van der Waals surface area (Å²) in [6, 6.07) is 9.96. The van der Waals surface area contributed by atoms with Crippen LogP contribution < -0.4 is 4.74 Å². The normalized spacial score (nSPS) is 9.86. The fraction of sp³-hybridized carbons (Fsp3) is 0.278. The van der Waals surface area contributed by atoms with Crippen LogP contribution in [-0.2, 0) is 6.61 Å². The van der Waals surface area contributed by atoms with Gasteiger partial charge in [0, 0.05) is 18.5 Å². The lowest BCUT2D eigenvalue weighted by molar-refractivity contribution is 0.299. The fourth-order valence-corrected chi connectivity index (χ4v) is 1.98. The summed E-state index contributed by atoms with van der Waals surface area (Å²) in [5.41, 5.74) is 4.12. The van der Waals surface area contributed by atoms with Crippen LogP contribution in [0.2, 0.25) is 0 Å². The van der Waals surface area contributed by atoms with Crippen LogP contribution in [-0.4, -0.2) is 10.9 Å². The Balaban J connectivity index is 2.16. The minimum atomic E-state index is 0.444. The average Bonchev–Trinajstić information content (AvgIpc) is 2.48. The van der Waals surface area contributed by atoms with Crippen LogP contribution in [0, 0.1) is 25.7 Å². The van der Waals surface area contributed by atoms with Crippen molar-refractivity contribution in [1.82, 2.24) is 4.98 Å². The van der Waals surface area contributed by atoms with Crippen LogP contribution in [0.1, 0.15) is 28.8 Å². The van der Waals surface area contributed by atoms with E-state index in [1.165, 1.54) is 0 Å². The lowest BCUT2D eigenvalue weighted by atomic mass is 10.1. The highest BCUT2D eigenvalue weighted by Gasteiger charge is 2.04. The maximum atomic E-state index is 5.89. The van der Waals surface area contributed by atoms with E-state index in [1.54, 1.807) is 6.20 Å². The number of hydrogen-bond donors (Lipinski definition) is 0. The topological polar surface area (TPSA) is 22.1 Å². The second-order valence-corrected chi connectivity index (χ2v) is 5.17. The molecule has 0 radical (unpaired) electrons. The van der Waals surface area contributed by atoms with Gasteiger partial charge in [0.25, 0.3) is 0 Å². The van der Waals surface area contributed by atoms with Crippen molar-refractivity contribution in [3.63, 3.8) is 0 Å². The van der Waals surface area contributed by atoms with Crippen molar-refractivity contribution >= 4 is 11.6 Å². The quantitative estimate of drug-likeness (QED) is 0.622. The lowest BCUT2D eigenvalue weighted by Crippen LogP contribution is -2.01. The summed E-state index contributed by atoms with van der Waals surface area (Å²) in [4.78, 5) is 4.34. The van der Waals surface area contributed by atoms with Gasteiger partial charge in [0.1, 0.15) is 12.4 Å². The Morgan fingerprint density at radius 1 is 1.24 bits per heavy atom. The third-order valence-corrected chi connectivity index (χ3v) is 3.25. The molecule has 0 spiro atoms. The Hall–Kier alpha value is -1.98. The van der Waals surface area contributed by atoms with E-state index in [2.05, 4.69) is 16.8 Å². The van der Waals surface area contributed by atoms with Crippen molar-refractivity contribution in [1.29, 1.82) is 0 Å². The summed E-state index contributed by atoms with van der Waals surface area (Å²) in [5, 5.41) is 0. The van der Waals surface area contributed by atoms with Crippen molar-refractivity contribution in [2.24, 2.45) is 0 Å². The number of aryl methyl sites for hydroxylation is 2. The Labute approximate surface area is 131 Å². The molecule has 2 aromatic rings. The van der Waals surface area contributed by atoms with Crippen molar-refractivity contribution in [2.75, 3.05) is 5.88 Å². The number of hydrogen-bond acceptors (Lipinski definition) is 2. The van der Waals surface area contributed by atoms with E-state index in [-0.39, 0.29) is 0 Å². The predicted octanol–water partition coefficient (Wildman–Crippen LogP) is 4.26. The number of halogens is 1. The Morgan fingerprint density at radius 3 is 2.86 bits per heavy atom. The molecule has 0 atom stereocenters. The molecule has 1 aromatic heterocycles. The largest absolute Gasteiger partial charge is 0.486 e. The maximum absolute atomic E-state index is 5.89. The fourth-order valence-electron chi connectivity index (χ4n) is 1.89. The zero-order valence-electron chi connectivity index (χ0n) is 12.3. The van der Waals surface area contributed by atoms with Crippen LogP contribution in [0.5, 0.6) is 5.75 Å². The molecule has 0 amide bonds. The molecule has 108 valence electrons. The number of aromatic nitrogens is 1. The van der Waals surface area contributed by atoms with Crippen molar-refractivity contribution < 1.29 is 4.74 Å². The minimum absolute atomic E-state index is 0.444. The molecule has 1 heterocycles.